The van der Waals surface area contributed by atoms with Gasteiger partial charge in [-0.05, 0) is 44.6 Å². The van der Waals surface area contributed by atoms with E-state index in [4.69, 9.17) is 0 Å². The van der Waals surface area contributed by atoms with Crippen molar-refractivity contribution < 1.29 is 15.2 Å². The van der Waals surface area contributed by atoms with Gasteiger partial charge in [-0.3, -0.25) is 0 Å². The van der Waals surface area contributed by atoms with Crippen LogP contribution in [-0.2, 0) is 0 Å². The smallest absolute Gasteiger partial charge is 0.293 e. The third-order valence-electron chi connectivity index (χ3n) is 4.52. The second-order valence-electron chi connectivity index (χ2n) is 6.06. The minimum absolute atomic E-state index is 0.339. The highest BCUT2D eigenvalue weighted by molar-refractivity contribution is 7.12. The van der Waals surface area contributed by atoms with E-state index in [1.54, 1.807) is 0 Å². The highest BCUT2D eigenvalue weighted by atomic mass is 32.1. The summed E-state index contributed by atoms with van der Waals surface area (Å²) >= 11 is 1.47. The zero-order chi connectivity index (χ0) is 15.3. The van der Waals surface area contributed by atoms with Crippen molar-refractivity contribution >= 4 is 22.8 Å². The topological polar surface area (TPSA) is 82.1 Å². The van der Waals surface area contributed by atoms with Crippen molar-refractivity contribution in [1.29, 1.82) is 0 Å². The fourth-order valence-electron chi connectivity index (χ4n) is 3.48. The van der Waals surface area contributed by atoms with Crippen molar-refractivity contribution in [2.24, 2.45) is 5.16 Å². The maximum absolute atomic E-state index is 13.1. The van der Waals surface area contributed by atoms with Gasteiger partial charge >= 0.3 is 0 Å². The molecule has 2 heterocycles. The van der Waals surface area contributed by atoms with Gasteiger partial charge in [0.05, 0.1) is 4.88 Å². The summed E-state index contributed by atoms with van der Waals surface area (Å²) in [6.45, 7) is 3.62. The first-order chi connectivity index (χ1) is 9.96. The second kappa shape index (κ2) is 4.79. The van der Waals surface area contributed by atoms with Crippen LogP contribution in [0.15, 0.2) is 22.7 Å². The fourth-order valence-corrected chi connectivity index (χ4v) is 4.39. The summed E-state index contributed by atoms with van der Waals surface area (Å²) in [5.74, 6) is 0. The normalized spacial score (nSPS) is 31.5. The summed E-state index contributed by atoms with van der Waals surface area (Å²) < 4.78 is 0.854. The summed E-state index contributed by atoms with van der Waals surface area (Å²) in [6, 6.07) is 3.75. The Hall–Kier alpha value is -1.44. The van der Waals surface area contributed by atoms with Crippen LogP contribution >= 0.6 is 11.3 Å². The lowest BCUT2D eigenvalue weighted by atomic mass is 9.86. The first-order valence-electron chi connectivity index (χ1n) is 7.05. The van der Waals surface area contributed by atoms with E-state index in [1.165, 1.54) is 11.3 Å². The molecule has 0 amide bonds. The summed E-state index contributed by atoms with van der Waals surface area (Å²) in [6.07, 6.45) is 2.63. The van der Waals surface area contributed by atoms with Gasteiger partial charge in [-0.15, -0.1) is 16.4 Å². The van der Waals surface area contributed by atoms with Crippen LogP contribution in [0.2, 0.25) is 0 Å². The van der Waals surface area contributed by atoms with Crippen molar-refractivity contribution in [3.63, 3.8) is 0 Å². The zero-order valence-corrected chi connectivity index (χ0v) is 12.9. The highest BCUT2D eigenvalue weighted by Gasteiger charge is 2.65. The lowest BCUT2D eigenvalue weighted by molar-refractivity contribution is -0.568. The van der Waals surface area contributed by atoms with Crippen LogP contribution in [0.1, 0.15) is 44.4 Å². The molecule has 1 aliphatic carbocycles. The quantitative estimate of drug-likeness (QED) is 0.361. The van der Waals surface area contributed by atoms with Gasteiger partial charge in [-0.2, -0.15) is 4.74 Å². The molecule has 1 aromatic heterocycles. The molecule has 7 heteroatoms. The first-order valence-corrected chi connectivity index (χ1v) is 7.93. The van der Waals surface area contributed by atoms with E-state index in [0.717, 1.165) is 27.5 Å². The molecule has 1 spiro atoms. The molecule has 114 valence electrons. The van der Waals surface area contributed by atoms with Crippen molar-refractivity contribution in [3.05, 3.63) is 27.6 Å². The van der Waals surface area contributed by atoms with Gasteiger partial charge in [0.2, 0.25) is 5.71 Å². The van der Waals surface area contributed by atoms with E-state index in [1.807, 2.05) is 31.4 Å². The minimum Gasteiger partial charge on any atom is -0.622 e. The molecular formula is C14H19N3O3S. The van der Waals surface area contributed by atoms with Gasteiger partial charge in [0, 0.05) is 6.42 Å². The molecule has 3 rings (SSSR count). The summed E-state index contributed by atoms with van der Waals surface area (Å²) in [7, 11) is 0. The predicted octanol–water partition coefficient (Wildman–Crippen LogP) is 2.63. The molecule has 2 aliphatic rings. The predicted molar refractivity (Wildman–Crippen MR) is 80.2 cm³/mol. The SMILES string of the molecule is CC1(C)C(c2cccs2)=[N+]([O-])[C@]2(CCCC/C2=N/O)N1O. The fraction of sp³-hybridized carbons (Fsp3) is 0.571. The number of thiophene rings is 1. The largest absolute Gasteiger partial charge is 0.622 e. The Morgan fingerprint density at radius 3 is 2.81 bits per heavy atom. The molecule has 1 aromatic rings. The van der Waals surface area contributed by atoms with Crippen molar-refractivity contribution in [1.82, 2.24) is 5.06 Å². The summed E-state index contributed by atoms with van der Waals surface area (Å²) in [4.78, 5) is 0.828. The molecular weight excluding hydrogens is 290 g/mol. The number of hydroxylamine groups is 3. The average molecular weight is 309 g/mol. The zero-order valence-electron chi connectivity index (χ0n) is 12.1. The van der Waals surface area contributed by atoms with Gasteiger partial charge in [-0.1, -0.05) is 11.2 Å². The number of oxime groups is 1. The molecule has 1 saturated carbocycles. The van der Waals surface area contributed by atoms with E-state index in [-0.39, 0.29) is 0 Å². The van der Waals surface area contributed by atoms with Gasteiger partial charge in [0.1, 0.15) is 11.3 Å². The van der Waals surface area contributed by atoms with Gasteiger partial charge < -0.3 is 15.6 Å². The maximum atomic E-state index is 13.1. The molecule has 21 heavy (non-hydrogen) atoms. The van der Waals surface area contributed by atoms with Crippen LogP contribution in [0, 0.1) is 5.21 Å². The van der Waals surface area contributed by atoms with E-state index in [0.29, 0.717) is 24.3 Å². The molecule has 0 unspecified atom stereocenters. The van der Waals surface area contributed by atoms with E-state index < -0.39 is 11.2 Å². The summed E-state index contributed by atoms with van der Waals surface area (Å²) in [5.41, 5.74) is -1.27. The number of hydrogen-bond donors (Lipinski definition) is 2. The first kappa shape index (κ1) is 14.5. The molecule has 1 aliphatic heterocycles. The molecule has 1 fully saturated rings. The Labute approximate surface area is 127 Å². The molecule has 0 saturated heterocycles. The van der Waals surface area contributed by atoms with Gasteiger partial charge in [0.25, 0.3) is 5.66 Å². The van der Waals surface area contributed by atoms with E-state index in [2.05, 4.69) is 5.16 Å². The number of hydrogen-bond acceptors (Lipinski definition) is 6. The van der Waals surface area contributed by atoms with Crippen LogP contribution in [0.4, 0.5) is 0 Å². The third-order valence-corrected chi connectivity index (χ3v) is 5.40. The van der Waals surface area contributed by atoms with Crippen LogP contribution in [0.25, 0.3) is 0 Å². The molecule has 2 N–H and O–H groups in total. The Bertz CT molecular complexity index is 609. The van der Waals surface area contributed by atoms with Crippen molar-refractivity contribution in [3.8, 4) is 0 Å². The van der Waals surface area contributed by atoms with Crippen molar-refractivity contribution in [2.75, 3.05) is 0 Å². The third kappa shape index (κ3) is 1.77. The summed E-state index contributed by atoms with van der Waals surface area (Å²) in [5, 5.41) is 39.5. The second-order valence-corrected chi connectivity index (χ2v) is 7.01. The lowest BCUT2D eigenvalue weighted by Crippen LogP contribution is -2.60. The molecule has 0 aromatic carbocycles. The Balaban J connectivity index is 2.23. The number of nitrogens with zero attached hydrogens (tertiary/aromatic N) is 3. The molecule has 0 bridgehead atoms. The number of rotatable bonds is 1. The van der Waals surface area contributed by atoms with Crippen LogP contribution < -0.4 is 0 Å². The average Bonchev–Trinajstić information content (AvgIpc) is 3.03. The van der Waals surface area contributed by atoms with E-state index >= 15 is 0 Å². The van der Waals surface area contributed by atoms with Gasteiger partial charge in [0.15, 0.2) is 0 Å². The molecule has 0 radical (unpaired) electrons. The van der Waals surface area contributed by atoms with Crippen LogP contribution in [0.5, 0.6) is 0 Å². The maximum Gasteiger partial charge on any atom is 0.293 e. The Morgan fingerprint density at radius 1 is 1.43 bits per heavy atom. The molecule has 6 nitrogen and oxygen atoms in total. The van der Waals surface area contributed by atoms with Crippen molar-refractivity contribution in [2.45, 2.75) is 50.7 Å². The van der Waals surface area contributed by atoms with Gasteiger partial charge in [-0.25, -0.2) is 0 Å². The minimum atomic E-state index is -1.28. The van der Waals surface area contributed by atoms with E-state index in [9.17, 15) is 15.6 Å². The van der Waals surface area contributed by atoms with Crippen LogP contribution in [-0.4, -0.2) is 42.8 Å². The van der Waals surface area contributed by atoms with Crippen LogP contribution in [0.3, 0.4) is 0 Å². The lowest BCUT2D eigenvalue weighted by Gasteiger charge is -2.38. The highest BCUT2D eigenvalue weighted by Crippen LogP contribution is 2.42. The standard InChI is InChI=1S/C14H19N3O3S/c1-13(2)12(10-6-5-9-21-10)16(19)14(17(13)20)8-4-3-7-11(14)15-18/h5-6,9,18,20H,3-4,7-8H2,1-2H3/b15-11-/t14-/m1/s1. The monoisotopic (exact) mass is 309 g/mol. The Morgan fingerprint density at radius 2 is 2.19 bits per heavy atom. The molecule has 1 atom stereocenters. The Kier molecular flexibility index (Phi) is 3.31.